The summed E-state index contributed by atoms with van der Waals surface area (Å²) in [4.78, 5) is 12.9. The van der Waals surface area contributed by atoms with Crippen molar-refractivity contribution in [2.45, 2.75) is 18.2 Å². The number of nitrogens with one attached hydrogen (secondary N) is 2. The fourth-order valence-corrected chi connectivity index (χ4v) is 1.84. The molecule has 1 amide bonds. The number of hydrogen-bond donors (Lipinski definition) is 2. The van der Waals surface area contributed by atoms with Crippen molar-refractivity contribution in [3.05, 3.63) is 29.8 Å². The number of carbonyl (C=O) groups is 1. The maximum Gasteiger partial charge on any atom is 0.251 e. The largest absolute Gasteiger partial charge is 0.352 e. The van der Waals surface area contributed by atoms with Gasteiger partial charge >= 0.3 is 0 Å². The van der Waals surface area contributed by atoms with Crippen LogP contribution >= 0.6 is 11.8 Å². The maximum absolute atomic E-state index is 11.7. The van der Waals surface area contributed by atoms with E-state index < -0.39 is 0 Å². The van der Waals surface area contributed by atoms with Crippen LogP contribution in [-0.4, -0.2) is 31.8 Å². The molecule has 0 bridgehead atoms. The predicted octanol–water partition coefficient (Wildman–Crippen LogP) is 2.14. The number of amides is 1. The van der Waals surface area contributed by atoms with Gasteiger partial charge in [-0.1, -0.05) is 6.92 Å². The van der Waals surface area contributed by atoms with Crippen LogP contribution < -0.4 is 10.6 Å². The standard InChI is InChI=1S/C13H20N2OS/c1-3-14-9-4-10-15-13(16)11-5-7-12(17-2)8-6-11/h5-8,14H,3-4,9-10H2,1-2H3,(H,15,16). The molecule has 1 rings (SSSR count). The van der Waals surface area contributed by atoms with Crippen molar-refractivity contribution in [3.63, 3.8) is 0 Å². The number of carbonyl (C=O) groups excluding carboxylic acids is 1. The van der Waals surface area contributed by atoms with E-state index in [-0.39, 0.29) is 5.91 Å². The maximum atomic E-state index is 11.7. The third kappa shape index (κ3) is 5.24. The summed E-state index contributed by atoms with van der Waals surface area (Å²) in [6.07, 6.45) is 2.98. The molecule has 0 radical (unpaired) electrons. The molecule has 4 heteroatoms. The monoisotopic (exact) mass is 252 g/mol. The van der Waals surface area contributed by atoms with Crippen LogP contribution in [0.2, 0.25) is 0 Å². The first-order valence-electron chi connectivity index (χ1n) is 5.91. The van der Waals surface area contributed by atoms with Crippen LogP contribution in [0.25, 0.3) is 0 Å². The van der Waals surface area contributed by atoms with Crippen LogP contribution in [0.1, 0.15) is 23.7 Å². The Morgan fingerprint density at radius 2 is 1.94 bits per heavy atom. The molecular weight excluding hydrogens is 232 g/mol. The lowest BCUT2D eigenvalue weighted by molar-refractivity contribution is 0.0953. The van der Waals surface area contributed by atoms with Crippen LogP contribution in [0.3, 0.4) is 0 Å². The Hall–Kier alpha value is -1.00. The number of thioether (sulfide) groups is 1. The molecule has 0 aromatic heterocycles. The second kappa shape index (κ2) is 8.14. The number of rotatable bonds is 7. The van der Waals surface area contributed by atoms with Crippen molar-refractivity contribution < 1.29 is 4.79 Å². The van der Waals surface area contributed by atoms with E-state index in [0.29, 0.717) is 0 Å². The summed E-state index contributed by atoms with van der Waals surface area (Å²) in [5.41, 5.74) is 0.728. The molecule has 0 heterocycles. The molecule has 17 heavy (non-hydrogen) atoms. The Labute approximate surface area is 107 Å². The number of benzene rings is 1. The third-order valence-electron chi connectivity index (χ3n) is 2.42. The first-order valence-corrected chi connectivity index (χ1v) is 7.13. The van der Waals surface area contributed by atoms with E-state index in [1.807, 2.05) is 30.5 Å². The van der Waals surface area contributed by atoms with Gasteiger partial charge in [0.2, 0.25) is 0 Å². The van der Waals surface area contributed by atoms with E-state index in [0.717, 1.165) is 31.6 Å². The first-order chi connectivity index (χ1) is 8.27. The van der Waals surface area contributed by atoms with E-state index in [1.165, 1.54) is 4.90 Å². The summed E-state index contributed by atoms with van der Waals surface area (Å²) in [7, 11) is 0. The predicted molar refractivity (Wildman–Crippen MR) is 73.7 cm³/mol. The lowest BCUT2D eigenvalue weighted by Gasteiger charge is -2.06. The minimum atomic E-state index is 0.00847. The van der Waals surface area contributed by atoms with Crippen molar-refractivity contribution in [2.24, 2.45) is 0 Å². The van der Waals surface area contributed by atoms with Gasteiger partial charge in [0.1, 0.15) is 0 Å². The summed E-state index contributed by atoms with van der Waals surface area (Å²) >= 11 is 1.68. The van der Waals surface area contributed by atoms with Crippen molar-refractivity contribution in [1.29, 1.82) is 0 Å². The molecule has 2 N–H and O–H groups in total. The Bertz CT molecular complexity index is 338. The quantitative estimate of drug-likeness (QED) is 0.577. The van der Waals surface area contributed by atoms with Crippen LogP contribution in [-0.2, 0) is 0 Å². The van der Waals surface area contributed by atoms with E-state index in [9.17, 15) is 4.79 Å². The zero-order valence-electron chi connectivity index (χ0n) is 10.5. The van der Waals surface area contributed by atoms with E-state index >= 15 is 0 Å². The summed E-state index contributed by atoms with van der Waals surface area (Å²) < 4.78 is 0. The van der Waals surface area contributed by atoms with Gasteiger partial charge < -0.3 is 10.6 Å². The molecule has 0 aliphatic carbocycles. The van der Waals surface area contributed by atoms with Gasteiger partial charge in [0.15, 0.2) is 0 Å². The van der Waals surface area contributed by atoms with Gasteiger partial charge in [0, 0.05) is 17.0 Å². The molecule has 0 aliphatic heterocycles. The molecule has 0 aliphatic rings. The molecule has 0 saturated carbocycles. The summed E-state index contributed by atoms with van der Waals surface area (Å²) in [5, 5.41) is 6.13. The van der Waals surface area contributed by atoms with E-state index in [2.05, 4.69) is 17.6 Å². The zero-order valence-corrected chi connectivity index (χ0v) is 11.3. The second-order valence-corrected chi connectivity index (χ2v) is 4.57. The van der Waals surface area contributed by atoms with Crippen molar-refractivity contribution in [3.8, 4) is 0 Å². The average Bonchev–Trinajstić information content (AvgIpc) is 2.38. The Morgan fingerprint density at radius 1 is 1.24 bits per heavy atom. The Balaban J connectivity index is 2.31. The SMILES string of the molecule is CCNCCCNC(=O)c1ccc(SC)cc1. The smallest absolute Gasteiger partial charge is 0.251 e. The molecule has 0 saturated heterocycles. The van der Waals surface area contributed by atoms with Gasteiger partial charge in [0.25, 0.3) is 5.91 Å². The highest BCUT2D eigenvalue weighted by Crippen LogP contribution is 2.14. The van der Waals surface area contributed by atoms with E-state index in [1.54, 1.807) is 11.8 Å². The van der Waals surface area contributed by atoms with Crippen LogP contribution in [0, 0.1) is 0 Å². The average molecular weight is 252 g/mol. The van der Waals surface area contributed by atoms with Crippen molar-refractivity contribution >= 4 is 17.7 Å². The molecule has 0 atom stereocenters. The molecule has 3 nitrogen and oxygen atoms in total. The first kappa shape index (κ1) is 14.1. The van der Waals surface area contributed by atoms with Gasteiger partial charge in [-0.25, -0.2) is 0 Å². The Morgan fingerprint density at radius 3 is 2.53 bits per heavy atom. The third-order valence-corrected chi connectivity index (χ3v) is 3.16. The fraction of sp³-hybridized carbons (Fsp3) is 0.462. The summed E-state index contributed by atoms with van der Waals surface area (Å²) in [5.74, 6) is 0.00847. The highest BCUT2D eigenvalue weighted by Gasteiger charge is 2.03. The van der Waals surface area contributed by atoms with Crippen LogP contribution in [0.5, 0.6) is 0 Å². The normalized spacial score (nSPS) is 10.2. The molecule has 1 aromatic rings. The highest BCUT2D eigenvalue weighted by atomic mass is 32.2. The van der Waals surface area contributed by atoms with Gasteiger partial charge in [-0.2, -0.15) is 0 Å². The van der Waals surface area contributed by atoms with E-state index in [4.69, 9.17) is 0 Å². The highest BCUT2D eigenvalue weighted by molar-refractivity contribution is 7.98. The van der Waals surface area contributed by atoms with Gasteiger partial charge in [-0.05, 0) is 50.0 Å². The van der Waals surface area contributed by atoms with Crippen molar-refractivity contribution in [2.75, 3.05) is 25.9 Å². The minimum absolute atomic E-state index is 0.00847. The molecule has 0 unspecified atom stereocenters. The minimum Gasteiger partial charge on any atom is -0.352 e. The van der Waals surface area contributed by atoms with Crippen LogP contribution in [0.15, 0.2) is 29.2 Å². The lowest BCUT2D eigenvalue weighted by atomic mass is 10.2. The topological polar surface area (TPSA) is 41.1 Å². The summed E-state index contributed by atoms with van der Waals surface area (Å²) in [6.45, 7) is 4.72. The molecule has 0 fully saturated rings. The van der Waals surface area contributed by atoms with Gasteiger partial charge in [0.05, 0.1) is 0 Å². The summed E-state index contributed by atoms with van der Waals surface area (Å²) in [6, 6.07) is 7.67. The Kier molecular flexibility index (Phi) is 6.74. The lowest BCUT2D eigenvalue weighted by Crippen LogP contribution is -2.27. The van der Waals surface area contributed by atoms with Gasteiger partial charge in [-0.3, -0.25) is 4.79 Å². The number of hydrogen-bond acceptors (Lipinski definition) is 3. The molecule has 0 spiro atoms. The molecule has 1 aromatic carbocycles. The second-order valence-electron chi connectivity index (χ2n) is 3.69. The fourth-order valence-electron chi connectivity index (χ4n) is 1.44. The van der Waals surface area contributed by atoms with Crippen LogP contribution in [0.4, 0.5) is 0 Å². The molecule has 94 valence electrons. The van der Waals surface area contributed by atoms with Crippen molar-refractivity contribution in [1.82, 2.24) is 10.6 Å². The van der Waals surface area contributed by atoms with Gasteiger partial charge in [-0.15, -0.1) is 11.8 Å². The molecular formula is C13H20N2OS. The zero-order chi connectivity index (χ0) is 12.5.